The van der Waals surface area contributed by atoms with Crippen molar-refractivity contribution in [2.45, 2.75) is 42.3 Å². The van der Waals surface area contributed by atoms with Crippen LogP contribution in [0, 0.1) is 16.0 Å². The zero-order valence-corrected chi connectivity index (χ0v) is 20.9. The first-order valence-electron chi connectivity index (χ1n) is 11.9. The number of rotatable bonds is 7. The standard InChI is InChI=1S/C28H28N2O5S/c1-28(2)29(36(33,34)24-16-13-22(14-17-24)30(31)32)23(19-35-28)15-18-25-26(20-9-5-3-6-10-20)27(25)21-11-7-4-8-12-21/h3-18,23,25-27H,19H2,1-2H3/b18-15+/t23-,26+,27+/m1/s1. The number of non-ortho nitro benzene ring substituents is 1. The van der Waals surface area contributed by atoms with Gasteiger partial charge in [-0.15, -0.1) is 0 Å². The first-order chi connectivity index (χ1) is 17.2. The molecule has 0 aromatic heterocycles. The van der Waals surface area contributed by atoms with E-state index in [1.165, 1.54) is 39.7 Å². The van der Waals surface area contributed by atoms with Gasteiger partial charge in [0.05, 0.1) is 22.5 Å². The van der Waals surface area contributed by atoms with Crippen LogP contribution in [0.3, 0.4) is 0 Å². The minimum atomic E-state index is -3.96. The second-order valence-corrected chi connectivity index (χ2v) is 11.5. The first-order valence-corrected chi connectivity index (χ1v) is 13.4. The van der Waals surface area contributed by atoms with Gasteiger partial charge in [-0.05, 0) is 54.9 Å². The molecule has 36 heavy (non-hydrogen) atoms. The Kier molecular flexibility index (Phi) is 6.28. The molecular weight excluding hydrogens is 476 g/mol. The number of nitro benzene ring substituents is 1. The van der Waals surface area contributed by atoms with Gasteiger partial charge in [-0.25, -0.2) is 8.42 Å². The minimum Gasteiger partial charge on any atom is -0.358 e. The molecule has 3 atom stereocenters. The van der Waals surface area contributed by atoms with Crippen LogP contribution in [0.25, 0.3) is 0 Å². The molecule has 186 valence electrons. The fraction of sp³-hybridized carbons (Fsp3) is 0.286. The van der Waals surface area contributed by atoms with Gasteiger partial charge >= 0.3 is 0 Å². The fourth-order valence-electron chi connectivity index (χ4n) is 5.31. The molecule has 3 aromatic rings. The fourth-order valence-corrected chi connectivity index (χ4v) is 7.14. The second kappa shape index (κ2) is 9.28. The number of sulfonamides is 1. The van der Waals surface area contributed by atoms with Crippen LogP contribution in [0.4, 0.5) is 5.69 Å². The molecule has 0 N–H and O–H groups in total. The van der Waals surface area contributed by atoms with Gasteiger partial charge in [-0.3, -0.25) is 10.1 Å². The molecule has 2 fully saturated rings. The lowest BCUT2D eigenvalue weighted by Crippen LogP contribution is -2.47. The Morgan fingerprint density at radius 3 is 1.92 bits per heavy atom. The summed E-state index contributed by atoms with van der Waals surface area (Å²) in [5.74, 6) is 0.877. The summed E-state index contributed by atoms with van der Waals surface area (Å²) in [4.78, 5) is 10.5. The van der Waals surface area contributed by atoms with Crippen LogP contribution in [0.5, 0.6) is 0 Å². The van der Waals surface area contributed by atoms with Gasteiger partial charge < -0.3 is 4.74 Å². The van der Waals surface area contributed by atoms with Crippen molar-refractivity contribution in [2.75, 3.05) is 6.61 Å². The van der Waals surface area contributed by atoms with Gasteiger partial charge in [0.25, 0.3) is 5.69 Å². The number of benzene rings is 3. The summed E-state index contributed by atoms with van der Waals surface area (Å²) in [5, 5.41) is 11.0. The van der Waals surface area contributed by atoms with Gasteiger partial charge in [-0.2, -0.15) is 4.31 Å². The average Bonchev–Trinajstić information content (AvgIpc) is 3.51. The van der Waals surface area contributed by atoms with E-state index in [1.807, 2.05) is 42.5 Å². The Morgan fingerprint density at radius 1 is 0.889 bits per heavy atom. The second-order valence-electron chi connectivity index (χ2n) is 9.71. The lowest BCUT2D eigenvalue weighted by molar-refractivity contribution is -0.384. The average molecular weight is 505 g/mol. The lowest BCUT2D eigenvalue weighted by Gasteiger charge is -2.31. The van der Waals surface area contributed by atoms with E-state index in [-0.39, 0.29) is 23.1 Å². The Morgan fingerprint density at radius 2 is 1.42 bits per heavy atom. The van der Waals surface area contributed by atoms with Crippen molar-refractivity contribution in [3.63, 3.8) is 0 Å². The van der Waals surface area contributed by atoms with E-state index in [4.69, 9.17) is 4.74 Å². The van der Waals surface area contributed by atoms with Crippen molar-refractivity contribution in [3.8, 4) is 0 Å². The molecule has 7 nitrogen and oxygen atoms in total. The Balaban J connectivity index is 1.43. The zero-order valence-electron chi connectivity index (χ0n) is 20.1. The first kappa shape index (κ1) is 24.4. The molecule has 0 spiro atoms. The SMILES string of the molecule is CC1(C)OC[C@@H](/C=C/C2[C@H](c3ccccc3)[C@H]2c2ccccc2)N1S(=O)(=O)c1ccc([N+](=O)[O-])cc1. The van der Waals surface area contributed by atoms with Crippen molar-refractivity contribution < 1.29 is 18.1 Å². The normalized spacial score (nSPS) is 25.7. The highest BCUT2D eigenvalue weighted by molar-refractivity contribution is 7.89. The number of ether oxygens (including phenoxy) is 1. The van der Waals surface area contributed by atoms with Crippen LogP contribution in [-0.4, -0.2) is 36.0 Å². The molecule has 1 aliphatic heterocycles. The predicted molar refractivity (Wildman–Crippen MR) is 137 cm³/mol. The third kappa shape index (κ3) is 4.48. The van der Waals surface area contributed by atoms with Gasteiger partial charge in [0.15, 0.2) is 0 Å². The summed E-state index contributed by atoms with van der Waals surface area (Å²) in [6, 6.07) is 25.2. The summed E-state index contributed by atoms with van der Waals surface area (Å²) >= 11 is 0. The Bertz CT molecular complexity index is 1330. The van der Waals surface area contributed by atoms with Crippen LogP contribution in [0.2, 0.25) is 0 Å². The highest BCUT2D eigenvalue weighted by atomic mass is 32.2. The topological polar surface area (TPSA) is 89.8 Å². The maximum absolute atomic E-state index is 13.6. The molecule has 0 unspecified atom stereocenters. The van der Waals surface area contributed by atoms with Crippen molar-refractivity contribution in [1.82, 2.24) is 4.31 Å². The number of hydrogen-bond donors (Lipinski definition) is 0. The third-order valence-electron chi connectivity index (χ3n) is 7.04. The molecule has 0 amide bonds. The molecule has 5 rings (SSSR count). The maximum Gasteiger partial charge on any atom is 0.269 e. The third-order valence-corrected chi connectivity index (χ3v) is 9.14. The molecule has 8 heteroatoms. The largest absolute Gasteiger partial charge is 0.358 e. The summed E-state index contributed by atoms with van der Waals surface area (Å²) < 4.78 is 34.5. The molecule has 1 saturated carbocycles. The number of nitrogens with zero attached hydrogens (tertiary/aromatic N) is 2. The number of nitro groups is 1. The summed E-state index contributed by atoms with van der Waals surface area (Å²) in [5.41, 5.74) is 1.31. The van der Waals surface area contributed by atoms with Crippen LogP contribution >= 0.6 is 0 Å². The number of allylic oxidation sites excluding steroid dienone is 1. The van der Waals surface area contributed by atoms with Crippen molar-refractivity contribution >= 4 is 15.7 Å². The molecule has 1 heterocycles. The van der Waals surface area contributed by atoms with Crippen molar-refractivity contribution in [3.05, 3.63) is 118 Å². The maximum atomic E-state index is 13.6. The summed E-state index contributed by atoms with van der Waals surface area (Å²) in [7, 11) is -3.96. The molecule has 2 aliphatic rings. The van der Waals surface area contributed by atoms with Crippen molar-refractivity contribution in [1.29, 1.82) is 0 Å². The molecule has 0 bridgehead atoms. The molecule has 3 aromatic carbocycles. The van der Waals surface area contributed by atoms with E-state index < -0.39 is 26.7 Å². The van der Waals surface area contributed by atoms with E-state index >= 15 is 0 Å². The summed E-state index contributed by atoms with van der Waals surface area (Å²) in [6.07, 6.45) is 4.07. The van der Waals surface area contributed by atoms with Crippen LogP contribution in [0.1, 0.15) is 36.8 Å². The van der Waals surface area contributed by atoms with E-state index in [2.05, 4.69) is 30.3 Å². The van der Waals surface area contributed by atoms with E-state index in [0.29, 0.717) is 11.8 Å². The van der Waals surface area contributed by atoms with Gasteiger partial charge in [0.1, 0.15) is 5.72 Å². The monoisotopic (exact) mass is 504 g/mol. The Hall–Kier alpha value is -3.33. The minimum absolute atomic E-state index is 0.000760. The summed E-state index contributed by atoms with van der Waals surface area (Å²) in [6.45, 7) is 3.68. The van der Waals surface area contributed by atoms with Crippen LogP contribution in [-0.2, 0) is 14.8 Å². The lowest BCUT2D eigenvalue weighted by atomic mass is 10.0. The predicted octanol–water partition coefficient (Wildman–Crippen LogP) is 5.47. The van der Waals surface area contributed by atoms with E-state index in [0.717, 1.165) is 0 Å². The number of hydrogen-bond acceptors (Lipinski definition) is 5. The van der Waals surface area contributed by atoms with Crippen LogP contribution in [0.15, 0.2) is 102 Å². The molecular formula is C28H28N2O5S. The molecule has 1 aliphatic carbocycles. The highest BCUT2D eigenvalue weighted by Gasteiger charge is 2.51. The quantitative estimate of drug-likeness (QED) is 0.242. The smallest absolute Gasteiger partial charge is 0.269 e. The molecule has 1 saturated heterocycles. The van der Waals surface area contributed by atoms with Gasteiger partial charge in [0.2, 0.25) is 10.0 Å². The van der Waals surface area contributed by atoms with Crippen molar-refractivity contribution in [2.24, 2.45) is 5.92 Å². The highest BCUT2D eigenvalue weighted by Crippen LogP contribution is 2.61. The van der Waals surface area contributed by atoms with Crippen LogP contribution < -0.4 is 0 Å². The zero-order chi connectivity index (χ0) is 25.5. The van der Waals surface area contributed by atoms with E-state index in [9.17, 15) is 18.5 Å². The van der Waals surface area contributed by atoms with Gasteiger partial charge in [-0.1, -0.05) is 72.8 Å². The Labute approximate surface area is 211 Å². The molecule has 0 radical (unpaired) electrons. The van der Waals surface area contributed by atoms with Gasteiger partial charge in [0, 0.05) is 12.1 Å². The van der Waals surface area contributed by atoms with E-state index in [1.54, 1.807) is 13.8 Å².